The van der Waals surface area contributed by atoms with E-state index in [2.05, 4.69) is 22.6 Å². The van der Waals surface area contributed by atoms with E-state index in [1.807, 2.05) is 25.1 Å². The second-order valence-electron chi connectivity index (χ2n) is 4.77. The van der Waals surface area contributed by atoms with Crippen molar-refractivity contribution in [2.45, 2.75) is 6.92 Å². The van der Waals surface area contributed by atoms with Gasteiger partial charge in [-0.05, 0) is 65.4 Å². The van der Waals surface area contributed by atoms with Crippen LogP contribution in [-0.4, -0.2) is 5.97 Å². The number of ether oxygens (including phenoxy) is 1. The fourth-order valence-corrected chi connectivity index (χ4v) is 2.44. The van der Waals surface area contributed by atoms with Crippen LogP contribution in [0.1, 0.15) is 16.1 Å². The summed E-state index contributed by atoms with van der Waals surface area (Å²) in [6, 6.07) is 13.4. The first-order valence-corrected chi connectivity index (χ1v) is 7.64. The van der Waals surface area contributed by atoms with Crippen LogP contribution in [-0.2, 0) is 0 Å². The molecule has 0 saturated heterocycles. The van der Waals surface area contributed by atoms with Crippen LogP contribution in [0, 0.1) is 10.5 Å². The number of halogens is 1. The molecule has 0 spiro atoms. The third kappa shape index (κ3) is 2.89. The largest absolute Gasteiger partial charge is 0.448 e. The minimum absolute atomic E-state index is 0.106. The van der Waals surface area contributed by atoms with E-state index in [0.29, 0.717) is 16.7 Å². The van der Waals surface area contributed by atoms with Gasteiger partial charge in [0.2, 0.25) is 5.76 Å². The molecule has 22 heavy (non-hydrogen) atoms. The van der Waals surface area contributed by atoms with Gasteiger partial charge in [0.1, 0.15) is 11.3 Å². The van der Waals surface area contributed by atoms with Gasteiger partial charge in [-0.1, -0.05) is 12.1 Å². The lowest BCUT2D eigenvalue weighted by Gasteiger charge is -2.06. The van der Waals surface area contributed by atoms with Crippen molar-refractivity contribution >= 4 is 39.5 Å². The molecule has 0 unspecified atom stereocenters. The predicted octanol–water partition coefficient (Wildman–Crippen LogP) is 3.93. The molecule has 0 saturated carbocycles. The summed E-state index contributed by atoms with van der Waals surface area (Å²) in [6.45, 7) is 1.82. The molecule has 2 aromatic carbocycles. The zero-order valence-corrected chi connectivity index (χ0v) is 13.8. The van der Waals surface area contributed by atoms with Gasteiger partial charge in [0.25, 0.3) is 0 Å². The normalized spacial score (nSPS) is 10.6. The Morgan fingerprint density at radius 3 is 2.59 bits per heavy atom. The molecule has 0 radical (unpaired) electrons. The van der Waals surface area contributed by atoms with Gasteiger partial charge in [-0.2, -0.15) is 0 Å². The van der Waals surface area contributed by atoms with Crippen LogP contribution in [0.25, 0.3) is 11.0 Å². The zero-order valence-electron chi connectivity index (χ0n) is 11.6. The summed E-state index contributed by atoms with van der Waals surface area (Å²) in [6.07, 6.45) is 0. The van der Waals surface area contributed by atoms with Gasteiger partial charge in [0, 0.05) is 9.64 Å². The van der Waals surface area contributed by atoms with Crippen LogP contribution in [0.3, 0.4) is 0 Å². The van der Waals surface area contributed by atoms with Crippen molar-refractivity contribution in [2.75, 3.05) is 0 Å². The Balaban J connectivity index is 1.99. The zero-order chi connectivity index (χ0) is 15.7. The molecular formula is C17H11IO4. The molecule has 0 amide bonds. The van der Waals surface area contributed by atoms with Gasteiger partial charge in [0.15, 0.2) is 5.43 Å². The topological polar surface area (TPSA) is 56.5 Å². The SMILES string of the molecule is Cc1cccc2c(=O)cc(C(=O)Oc3ccc(I)cc3)oc12. The van der Waals surface area contributed by atoms with Gasteiger partial charge in [0.05, 0.1) is 5.39 Å². The highest BCUT2D eigenvalue weighted by atomic mass is 127. The fraction of sp³-hybridized carbons (Fsp3) is 0.0588. The Hall–Kier alpha value is -2.15. The van der Waals surface area contributed by atoms with Crippen LogP contribution in [0.15, 0.2) is 57.7 Å². The lowest BCUT2D eigenvalue weighted by molar-refractivity contribution is 0.0702. The third-order valence-corrected chi connectivity index (χ3v) is 3.90. The van der Waals surface area contributed by atoms with Crippen molar-refractivity contribution in [2.24, 2.45) is 0 Å². The molecule has 0 fully saturated rings. The van der Waals surface area contributed by atoms with E-state index in [-0.39, 0.29) is 11.2 Å². The van der Waals surface area contributed by atoms with Crippen molar-refractivity contribution in [3.63, 3.8) is 0 Å². The number of hydrogen-bond acceptors (Lipinski definition) is 4. The fourth-order valence-electron chi connectivity index (χ4n) is 2.08. The number of esters is 1. The minimum Gasteiger partial charge on any atom is -0.448 e. The highest BCUT2D eigenvalue weighted by Gasteiger charge is 2.15. The number of benzene rings is 2. The van der Waals surface area contributed by atoms with Gasteiger partial charge in [-0.25, -0.2) is 4.79 Å². The Kier molecular flexibility index (Phi) is 3.98. The summed E-state index contributed by atoms with van der Waals surface area (Å²) in [5.74, 6) is -0.397. The minimum atomic E-state index is -0.691. The summed E-state index contributed by atoms with van der Waals surface area (Å²) in [4.78, 5) is 24.2. The van der Waals surface area contributed by atoms with Crippen LogP contribution in [0.4, 0.5) is 0 Å². The smallest absolute Gasteiger partial charge is 0.379 e. The summed E-state index contributed by atoms with van der Waals surface area (Å²) >= 11 is 2.16. The van der Waals surface area contributed by atoms with Crippen LogP contribution >= 0.6 is 22.6 Å². The molecule has 0 aliphatic heterocycles. The van der Waals surface area contributed by atoms with Crippen molar-refractivity contribution in [1.82, 2.24) is 0 Å². The molecular weight excluding hydrogens is 395 g/mol. The quantitative estimate of drug-likeness (QED) is 0.368. The molecule has 3 rings (SSSR count). The number of hydrogen-bond donors (Lipinski definition) is 0. The average Bonchev–Trinajstić information content (AvgIpc) is 2.50. The van der Waals surface area contributed by atoms with Gasteiger partial charge < -0.3 is 9.15 Å². The molecule has 5 heteroatoms. The Labute approximate surface area is 139 Å². The molecule has 0 atom stereocenters. The molecule has 0 aliphatic carbocycles. The molecule has 1 heterocycles. The molecule has 0 aliphatic rings. The first-order valence-electron chi connectivity index (χ1n) is 6.56. The molecule has 1 aromatic heterocycles. The molecule has 3 aromatic rings. The number of carbonyl (C=O) groups is 1. The Bertz CT molecular complexity index is 910. The number of rotatable bonds is 2. The van der Waals surface area contributed by atoms with E-state index in [4.69, 9.17) is 9.15 Å². The second kappa shape index (κ2) is 5.92. The number of carbonyl (C=O) groups excluding carboxylic acids is 1. The second-order valence-corrected chi connectivity index (χ2v) is 6.02. The highest BCUT2D eigenvalue weighted by molar-refractivity contribution is 14.1. The maximum Gasteiger partial charge on any atom is 0.379 e. The third-order valence-electron chi connectivity index (χ3n) is 3.18. The van der Waals surface area contributed by atoms with Crippen LogP contribution < -0.4 is 10.2 Å². The maximum absolute atomic E-state index is 12.1. The van der Waals surface area contributed by atoms with Crippen molar-refractivity contribution in [1.29, 1.82) is 0 Å². The van der Waals surface area contributed by atoms with E-state index >= 15 is 0 Å². The van der Waals surface area contributed by atoms with E-state index < -0.39 is 5.97 Å². The average molecular weight is 406 g/mol. The lowest BCUT2D eigenvalue weighted by atomic mass is 10.1. The van der Waals surface area contributed by atoms with Crippen molar-refractivity contribution in [3.8, 4) is 5.75 Å². The van der Waals surface area contributed by atoms with Gasteiger partial charge >= 0.3 is 5.97 Å². The van der Waals surface area contributed by atoms with Gasteiger partial charge in [-0.15, -0.1) is 0 Å². The summed E-state index contributed by atoms with van der Waals surface area (Å²) in [7, 11) is 0. The van der Waals surface area contributed by atoms with Crippen molar-refractivity contribution < 1.29 is 13.9 Å². The predicted molar refractivity (Wildman–Crippen MR) is 91.3 cm³/mol. The number of fused-ring (bicyclic) bond motifs is 1. The van der Waals surface area contributed by atoms with Gasteiger partial charge in [-0.3, -0.25) is 4.79 Å². The number of aryl methyl sites for hydroxylation is 1. The summed E-state index contributed by atoms with van der Waals surface area (Å²) < 4.78 is 11.8. The molecule has 110 valence electrons. The van der Waals surface area contributed by atoms with E-state index in [9.17, 15) is 9.59 Å². The number of para-hydroxylation sites is 1. The molecule has 0 bridgehead atoms. The first-order chi connectivity index (χ1) is 10.5. The first kappa shape index (κ1) is 14.8. The van der Waals surface area contributed by atoms with E-state index in [1.54, 1.807) is 24.3 Å². The van der Waals surface area contributed by atoms with Crippen LogP contribution in [0.5, 0.6) is 5.75 Å². The lowest BCUT2D eigenvalue weighted by Crippen LogP contribution is -2.12. The monoisotopic (exact) mass is 406 g/mol. The van der Waals surface area contributed by atoms with E-state index in [0.717, 1.165) is 15.2 Å². The molecule has 0 N–H and O–H groups in total. The Morgan fingerprint density at radius 2 is 1.86 bits per heavy atom. The summed E-state index contributed by atoms with van der Waals surface area (Å²) in [5.41, 5.74) is 0.933. The van der Waals surface area contributed by atoms with E-state index in [1.165, 1.54) is 0 Å². The Morgan fingerprint density at radius 1 is 1.14 bits per heavy atom. The van der Waals surface area contributed by atoms with Crippen LogP contribution in [0.2, 0.25) is 0 Å². The van der Waals surface area contributed by atoms with Crippen molar-refractivity contribution in [3.05, 3.63) is 73.6 Å². The molecule has 4 nitrogen and oxygen atoms in total. The standard InChI is InChI=1S/C17H11IO4/c1-10-3-2-4-13-14(19)9-15(22-16(10)13)17(20)21-12-7-5-11(18)6-8-12/h2-9H,1H3. The summed E-state index contributed by atoms with van der Waals surface area (Å²) in [5, 5.41) is 0.450. The highest BCUT2D eigenvalue weighted by Crippen LogP contribution is 2.19. The maximum atomic E-state index is 12.1.